The first-order valence-electron chi connectivity index (χ1n) is 8.06. The molecule has 0 spiro atoms. The Labute approximate surface area is 130 Å². The first-order valence-corrected chi connectivity index (χ1v) is 8.06. The van der Waals surface area contributed by atoms with E-state index in [1.807, 2.05) is 6.92 Å². The van der Waals surface area contributed by atoms with Gasteiger partial charge in [-0.1, -0.05) is 12.1 Å². The molecule has 0 saturated carbocycles. The van der Waals surface area contributed by atoms with Gasteiger partial charge in [-0.25, -0.2) is 0 Å². The van der Waals surface area contributed by atoms with Gasteiger partial charge in [-0.2, -0.15) is 0 Å². The monoisotopic (exact) mass is 298 g/mol. The standard InChI is InChI=1S/C18H22N2O2/c1-4-22-17(21)16-15-11-9-19-13-7-5-6-10(14(11)13)8-12(15)18(2,3)20-16/h5-7,9,12,15-16,19-20H,4,8H2,1-3H3/t12-,15+,16+/m1/s1. The number of carbonyl (C=O) groups excluding carboxylic acids is 1. The third-order valence-corrected chi connectivity index (χ3v) is 5.41. The maximum absolute atomic E-state index is 12.4. The number of hydrogen-bond acceptors (Lipinski definition) is 3. The predicted octanol–water partition coefficient (Wildman–Crippen LogP) is 2.74. The molecule has 0 bridgehead atoms. The number of nitrogens with one attached hydrogen (secondary N) is 2. The lowest BCUT2D eigenvalue weighted by Crippen LogP contribution is -2.44. The molecule has 4 rings (SSSR count). The number of rotatable bonds is 2. The van der Waals surface area contributed by atoms with E-state index in [1.165, 1.54) is 22.0 Å². The van der Waals surface area contributed by atoms with Crippen molar-refractivity contribution < 1.29 is 9.53 Å². The molecular formula is C18H22N2O2. The van der Waals surface area contributed by atoms with Gasteiger partial charge in [-0.15, -0.1) is 0 Å². The molecule has 2 aromatic rings. The molecule has 2 heterocycles. The van der Waals surface area contributed by atoms with Gasteiger partial charge in [-0.05, 0) is 50.3 Å². The van der Waals surface area contributed by atoms with Gasteiger partial charge in [0.2, 0.25) is 0 Å². The first kappa shape index (κ1) is 13.8. The maximum atomic E-state index is 12.4. The van der Waals surface area contributed by atoms with Crippen LogP contribution in [0.1, 0.15) is 37.8 Å². The number of carbonyl (C=O) groups is 1. The van der Waals surface area contributed by atoms with Crippen molar-refractivity contribution in [2.24, 2.45) is 5.92 Å². The fourth-order valence-corrected chi connectivity index (χ4v) is 4.45. The van der Waals surface area contributed by atoms with Gasteiger partial charge >= 0.3 is 5.97 Å². The third kappa shape index (κ3) is 1.76. The van der Waals surface area contributed by atoms with Crippen molar-refractivity contribution in [1.29, 1.82) is 0 Å². The number of aromatic amines is 1. The summed E-state index contributed by atoms with van der Waals surface area (Å²) in [6.45, 7) is 6.68. The van der Waals surface area contributed by atoms with Gasteiger partial charge in [0.25, 0.3) is 0 Å². The average Bonchev–Trinajstić information content (AvgIpc) is 3.01. The van der Waals surface area contributed by atoms with Crippen LogP contribution in [0.2, 0.25) is 0 Å². The summed E-state index contributed by atoms with van der Waals surface area (Å²) < 4.78 is 5.32. The van der Waals surface area contributed by atoms with Gasteiger partial charge in [-0.3, -0.25) is 10.1 Å². The van der Waals surface area contributed by atoms with Crippen LogP contribution in [0.15, 0.2) is 24.4 Å². The van der Waals surface area contributed by atoms with E-state index in [0.29, 0.717) is 12.5 Å². The highest BCUT2D eigenvalue weighted by Crippen LogP contribution is 2.50. The largest absolute Gasteiger partial charge is 0.465 e. The molecule has 0 amide bonds. The minimum atomic E-state index is -0.257. The Morgan fingerprint density at radius 1 is 1.41 bits per heavy atom. The summed E-state index contributed by atoms with van der Waals surface area (Å²) in [5.74, 6) is 0.449. The first-order chi connectivity index (χ1) is 10.5. The van der Waals surface area contributed by atoms with Gasteiger partial charge in [0.1, 0.15) is 6.04 Å². The zero-order valence-electron chi connectivity index (χ0n) is 13.3. The Morgan fingerprint density at radius 2 is 2.23 bits per heavy atom. The molecule has 1 aliphatic heterocycles. The summed E-state index contributed by atoms with van der Waals surface area (Å²) in [5, 5.41) is 4.84. The van der Waals surface area contributed by atoms with Crippen LogP contribution in [-0.2, 0) is 16.0 Å². The van der Waals surface area contributed by atoms with E-state index in [4.69, 9.17) is 4.74 Å². The van der Waals surface area contributed by atoms with Crippen LogP contribution in [0.3, 0.4) is 0 Å². The Bertz CT molecular complexity index is 747. The van der Waals surface area contributed by atoms with E-state index in [9.17, 15) is 4.79 Å². The zero-order chi connectivity index (χ0) is 15.5. The number of benzene rings is 1. The molecule has 0 radical (unpaired) electrons. The molecule has 2 N–H and O–H groups in total. The van der Waals surface area contributed by atoms with Crippen LogP contribution in [-0.4, -0.2) is 29.1 Å². The SMILES string of the molecule is CCOC(=O)[C@H]1NC(C)(C)[C@@H]2Cc3cccc4[nH]cc(c34)[C@H]12. The number of esters is 1. The van der Waals surface area contributed by atoms with Crippen molar-refractivity contribution in [3.8, 4) is 0 Å². The smallest absolute Gasteiger partial charge is 0.323 e. The lowest BCUT2D eigenvalue weighted by molar-refractivity contribution is -0.145. The van der Waals surface area contributed by atoms with Crippen molar-refractivity contribution in [2.75, 3.05) is 6.61 Å². The Kier molecular flexibility index (Phi) is 2.89. The predicted molar refractivity (Wildman–Crippen MR) is 85.9 cm³/mol. The summed E-state index contributed by atoms with van der Waals surface area (Å²) in [6.07, 6.45) is 3.09. The third-order valence-electron chi connectivity index (χ3n) is 5.41. The zero-order valence-corrected chi connectivity index (χ0v) is 13.3. The van der Waals surface area contributed by atoms with E-state index in [1.54, 1.807) is 0 Å². The second-order valence-corrected chi connectivity index (χ2v) is 7.02. The van der Waals surface area contributed by atoms with E-state index in [-0.39, 0.29) is 23.5 Å². The van der Waals surface area contributed by atoms with Gasteiger partial charge in [0.15, 0.2) is 0 Å². The molecule has 3 atom stereocenters. The summed E-state index contributed by atoms with van der Waals surface area (Å²) in [4.78, 5) is 15.8. The second kappa shape index (κ2) is 4.59. The van der Waals surface area contributed by atoms with Crippen molar-refractivity contribution in [3.63, 3.8) is 0 Å². The average molecular weight is 298 g/mol. The highest BCUT2D eigenvalue weighted by molar-refractivity contribution is 5.90. The molecule has 4 heteroatoms. The van der Waals surface area contributed by atoms with Crippen molar-refractivity contribution in [1.82, 2.24) is 10.3 Å². The topological polar surface area (TPSA) is 54.1 Å². The number of aromatic nitrogens is 1. The molecular weight excluding hydrogens is 276 g/mol. The summed E-state index contributed by atoms with van der Waals surface area (Å²) in [5.41, 5.74) is 3.73. The lowest BCUT2D eigenvalue weighted by Gasteiger charge is -2.33. The molecule has 1 fully saturated rings. The minimum absolute atomic E-state index is 0.0841. The number of ether oxygens (including phenoxy) is 1. The summed E-state index contributed by atoms with van der Waals surface area (Å²) in [7, 11) is 0. The van der Waals surface area contributed by atoms with Crippen molar-refractivity contribution >= 4 is 16.9 Å². The van der Waals surface area contributed by atoms with E-state index in [0.717, 1.165) is 6.42 Å². The number of H-pyrrole nitrogens is 1. The van der Waals surface area contributed by atoms with Crippen LogP contribution in [0.5, 0.6) is 0 Å². The van der Waals surface area contributed by atoms with E-state index in [2.05, 4.69) is 48.5 Å². The molecule has 22 heavy (non-hydrogen) atoms. The van der Waals surface area contributed by atoms with Crippen LogP contribution < -0.4 is 5.32 Å². The minimum Gasteiger partial charge on any atom is -0.465 e. The normalized spacial score (nSPS) is 28.6. The molecule has 1 aromatic heterocycles. The fraction of sp³-hybridized carbons (Fsp3) is 0.500. The van der Waals surface area contributed by atoms with Gasteiger partial charge in [0.05, 0.1) is 6.61 Å². The van der Waals surface area contributed by atoms with Crippen LogP contribution in [0, 0.1) is 5.92 Å². The quantitative estimate of drug-likeness (QED) is 0.838. The Balaban J connectivity index is 1.86. The molecule has 116 valence electrons. The highest BCUT2D eigenvalue weighted by Gasteiger charge is 2.53. The molecule has 1 aliphatic carbocycles. The summed E-state index contributed by atoms with van der Waals surface area (Å²) in [6, 6.07) is 6.17. The van der Waals surface area contributed by atoms with Crippen molar-refractivity contribution in [2.45, 2.75) is 44.7 Å². The summed E-state index contributed by atoms with van der Waals surface area (Å²) >= 11 is 0. The Morgan fingerprint density at radius 3 is 3.00 bits per heavy atom. The maximum Gasteiger partial charge on any atom is 0.323 e. The molecule has 0 unspecified atom stereocenters. The highest BCUT2D eigenvalue weighted by atomic mass is 16.5. The van der Waals surface area contributed by atoms with Gasteiger partial charge < -0.3 is 9.72 Å². The lowest BCUT2D eigenvalue weighted by atomic mass is 9.70. The molecule has 1 aromatic carbocycles. The van der Waals surface area contributed by atoms with Crippen LogP contribution in [0.4, 0.5) is 0 Å². The number of hydrogen-bond donors (Lipinski definition) is 2. The van der Waals surface area contributed by atoms with Gasteiger partial charge in [0, 0.05) is 28.6 Å². The second-order valence-electron chi connectivity index (χ2n) is 7.02. The molecule has 1 saturated heterocycles. The molecule has 2 aliphatic rings. The Hall–Kier alpha value is -1.81. The molecule has 4 nitrogen and oxygen atoms in total. The fourth-order valence-electron chi connectivity index (χ4n) is 4.45. The van der Waals surface area contributed by atoms with Crippen molar-refractivity contribution in [3.05, 3.63) is 35.5 Å². The van der Waals surface area contributed by atoms with E-state index >= 15 is 0 Å². The van der Waals surface area contributed by atoms with Crippen LogP contribution in [0.25, 0.3) is 10.9 Å². The van der Waals surface area contributed by atoms with E-state index < -0.39 is 0 Å². The number of fused-ring (bicyclic) bond motifs is 2. The van der Waals surface area contributed by atoms with Crippen LogP contribution >= 0.6 is 0 Å².